The number of rotatable bonds is 4. The number of nitrogens with one attached hydrogen (secondary N) is 1. The highest BCUT2D eigenvalue weighted by Crippen LogP contribution is 2.23. The van der Waals surface area contributed by atoms with Gasteiger partial charge >= 0.3 is 0 Å². The van der Waals surface area contributed by atoms with E-state index in [4.69, 9.17) is 4.74 Å². The molecule has 0 saturated heterocycles. The van der Waals surface area contributed by atoms with Crippen molar-refractivity contribution in [3.63, 3.8) is 0 Å². The maximum atomic E-state index is 9.90. The number of pyridine rings is 1. The molecule has 112 valence electrons. The van der Waals surface area contributed by atoms with Crippen molar-refractivity contribution in [2.24, 2.45) is 0 Å². The molecule has 2 unspecified atom stereocenters. The summed E-state index contributed by atoms with van der Waals surface area (Å²) in [5.74, 6) is 0.746. The van der Waals surface area contributed by atoms with E-state index in [9.17, 15) is 5.11 Å². The average Bonchev–Trinajstić information content (AvgIpc) is 2.40. The van der Waals surface area contributed by atoms with E-state index in [0.29, 0.717) is 0 Å². The predicted octanol–water partition coefficient (Wildman–Crippen LogP) is 2.65. The summed E-state index contributed by atoms with van der Waals surface area (Å²) in [6, 6.07) is 3.91. The second kappa shape index (κ2) is 6.55. The lowest BCUT2D eigenvalue weighted by Crippen LogP contribution is -2.35. The second-order valence-corrected chi connectivity index (χ2v) is 6.60. The Morgan fingerprint density at radius 2 is 2.05 bits per heavy atom. The van der Waals surface area contributed by atoms with Gasteiger partial charge in [0.15, 0.2) is 0 Å². The first-order valence-electron chi connectivity index (χ1n) is 7.49. The molecule has 4 nitrogen and oxygen atoms in total. The number of nitrogens with zero attached hydrogens (tertiary/aromatic N) is 1. The first-order chi connectivity index (χ1) is 9.44. The Kier molecular flexibility index (Phi) is 5.00. The van der Waals surface area contributed by atoms with Crippen LogP contribution in [-0.4, -0.2) is 27.8 Å². The van der Waals surface area contributed by atoms with E-state index in [1.807, 2.05) is 12.1 Å². The molecule has 1 aromatic rings. The first-order valence-corrected chi connectivity index (χ1v) is 7.49. The second-order valence-electron chi connectivity index (χ2n) is 6.60. The number of aromatic nitrogens is 1. The fraction of sp³-hybridized carbons (Fsp3) is 0.688. The van der Waals surface area contributed by atoms with Gasteiger partial charge < -0.3 is 15.2 Å². The van der Waals surface area contributed by atoms with Crippen molar-refractivity contribution in [3.8, 4) is 5.75 Å². The van der Waals surface area contributed by atoms with Crippen LogP contribution in [-0.2, 0) is 6.54 Å². The molecule has 2 atom stereocenters. The van der Waals surface area contributed by atoms with Crippen molar-refractivity contribution >= 4 is 0 Å². The highest BCUT2D eigenvalue weighted by Gasteiger charge is 2.24. The zero-order chi connectivity index (χ0) is 14.6. The molecule has 0 amide bonds. The lowest BCUT2D eigenvalue weighted by Gasteiger charge is -2.28. The molecule has 1 aromatic heterocycles. The van der Waals surface area contributed by atoms with Crippen LogP contribution in [0.25, 0.3) is 0 Å². The van der Waals surface area contributed by atoms with E-state index in [0.717, 1.165) is 43.7 Å². The number of hydrogen-bond acceptors (Lipinski definition) is 4. The molecule has 0 aliphatic heterocycles. The van der Waals surface area contributed by atoms with Gasteiger partial charge in [-0.05, 0) is 52.2 Å². The van der Waals surface area contributed by atoms with Gasteiger partial charge in [-0.3, -0.25) is 4.98 Å². The normalized spacial score (nSPS) is 23.6. The standard InChI is InChI=1S/C16H26N2O2/c1-16(2,3)18-10-12-8-9-13(11-17-12)20-15-7-5-4-6-14(15)19/h8-9,11,14-15,18-19H,4-7,10H2,1-3H3. The van der Waals surface area contributed by atoms with Crippen molar-refractivity contribution in [1.29, 1.82) is 0 Å². The molecular formula is C16H26N2O2. The van der Waals surface area contributed by atoms with Gasteiger partial charge in [0.2, 0.25) is 0 Å². The Morgan fingerprint density at radius 1 is 1.30 bits per heavy atom. The Hall–Kier alpha value is -1.13. The van der Waals surface area contributed by atoms with Crippen LogP contribution < -0.4 is 10.1 Å². The molecule has 1 aliphatic carbocycles. The third-order valence-electron chi connectivity index (χ3n) is 3.55. The minimum Gasteiger partial charge on any atom is -0.486 e. The van der Waals surface area contributed by atoms with Gasteiger partial charge in [-0.2, -0.15) is 0 Å². The van der Waals surface area contributed by atoms with E-state index >= 15 is 0 Å². The summed E-state index contributed by atoms with van der Waals surface area (Å²) in [6.07, 6.45) is 5.32. The summed E-state index contributed by atoms with van der Waals surface area (Å²) in [5.41, 5.74) is 1.08. The molecular weight excluding hydrogens is 252 g/mol. The molecule has 2 N–H and O–H groups in total. The van der Waals surface area contributed by atoms with E-state index in [1.165, 1.54) is 0 Å². The molecule has 4 heteroatoms. The van der Waals surface area contributed by atoms with Gasteiger partial charge in [-0.25, -0.2) is 0 Å². The van der Waals surface area contributed by atoms with Crippen molar-refractivity contribution in [3.05, 3.63) is 24.0 Å². The number of ether oxygens (including phenoxy) is 1. The van der Waals surface area contributed by atoms with Crippen molar-refractivity contribution in [1.82, 2.24) is 10.3 Å². The van der Waals surface area contributed by atoms with Crippen LogP contribution in [0.4, 0.5) is 0 Å². The average molecular weight is 278 g/mol. The lowest BCUT2D eigenvalue weighted by atomic mass is 9.95. The van der Waals surface area contributed by atoms with Crippen molar-refractivity contribution in [2.75, 3.05) is 0 Å². The van der Waals surface area contributed by atoms with Gasteiger partial charge in [0.1, 0.15) is 11.9 Å². The number of aliphatic hydroxyl groups is 1. The van der Waals surface area contributed by atoms with Crippen LogP contribution in [0, 0.1) is 0 Å². The zero-order valence-electron chi connectivity index (χ0n) is 12.7. The van der Waals surface area contributed by atoms with Gasteiger partial charge in [0.05, 0.1) is 18.0 Å². The van der Waals surface area contributed by atoms with Crippen LogP contribution in [0.5, 0.6) is 5.75 Å². The Balaban J connectivity index is 1.88. The smallest absolute Gasteiger partial charge is 0.138 e. The fourth-order valence-corrected chi connectivity index (χ4v) is 2.33. The third kappa shape index (κ3) is 4.76. The topological polar surface area (TPSA) is 54.4 Å². The fourth-order valence-electron chi connectivity index (χ4n) is 2.33. The first kappa shape index (κ1) is 15.3. The van der Waals surface area contributed by atoms with Gasteiger partial charge in [0.25, 0.3) is 0 Å². The largest absolute Gasteiger partial charge is 0.486 e. The Morgan fingerprint density at radius 3 is 2.65 bits per heavy atom. The van der Waals surface area contributed by atoms with Crippen LogP contribution in [0.3, 0.4) is 0 Å². The van der Waals surface area contributed by atoms with E-state index in [2.05, 4.69) is 31.1 Å². The third-order valence-corrected chi connectivity index (χ3v) is 3.55. The molecule has 0 radical (unpaired) electrons. The van der Waals surface area contributed by atoms with Crippen LogP contribution >= 0.6 is 0 Å². The maximum Gasteiger partial charge on any atom is 0.138 e. The molecule has 0 spiro atoms. The van der Waals surface area contributed by atoms with Crippen LogP contribution in [0.15, 0.2) is 18.3 Å². The summed E-state index contributed by atoms with van der Waals surface area (Å²) in [7, 11) is 0. The van der Waals surface area contributed by atoms with E-state index in [-0.39, 0.29) is 17.7 Å². The van der Waals surface area contributed by atoms with Gasteiger partial charge in [0, 0.05) is 12.1 Å². The monoisotopic (exact) mass is 278 g/mol. The number of hydrogen-bond donors (Lipinski definition) is 2. The minimum atomic E-state index is -0.342. The quantitative estimate of drug-likeness (QED) is 0.889. The summed E-state index contributed by atoms with van der Waals surface area (Å²) in [4.78, 5) is 4.40. The molecule has 1 saturated carbocycles. The number of aliphatic hydroxyl groups excluding tert-OH is 1. The molecule has 0 bridgehead atoms. The highest BCUT2D eigenvalue weighted by molar-refractivity contribution is 5.20. The lowest BCUT2D eigenvalue weighted by molar-refractivity contribution is 0.00668. The highest BCUT2D eigenvalue weighted by atomic mass is 16.5. The molecule has 2 rings (SSSR count). The van der Waals surface area contributed by atoms with Crippen molar-refractivity contribution < 1.29 is 9.84 Å². The molecule has 20 heavy (non-hydrogen) atoms. The van der Waals surface area contributed by atoms with Crippen molar-refractivity contribution in [2.45, 2.75) is 70.7 Å². The molecule has 1 heterocycles. The molecule has 0 aromatic carbocycles. The Bertz CT molecular complexity index is 411. The van der Waals surface area contributed by atoms with Crippen LogP contribution in [0.2, 0.25) is 0 Å². The molecule has 1 aliphatic rings. The van der Waals surface area contributed by atoms with Gasteiger partial charge in [-0.15, -0.1) is 0 Å². The summed E-state index contributed by atoms with van der Waals surface area (Å²) in [6.45, 7) is 7.15. The SMILES string of the molecule is CC(C)(C)NCc1ccc(OC2CCCCC2O)cn1. The van der Waals surface area contributed by atoms with E-state index < -0.39 is 0 Å². The Labute approximate surface area is 121 Å². The summed E-state index contributed by atoms with van der Waals surface area (Å²) >= 11 is 0. The zero-order valence-corrected chi connectivity index (χ0v) is 12.7. The summed E-state index contributed by atoms with van der Waals surface area (Å²) < 4.78 is 5.84. The summed E-state index contributed by atoms with van der Waals surface area (Å²) in [5, 5.41) is 13.3. The van der Waals surface area contributed by atoms with Crippen LogP contribution in [0.1, 0.15) is 52.1 Å². The maximum absolute atomic E-state index is 9.90. The van der Waals surface area contributed by atoms with E-state index in [1.54, 1.807) is 6.20 Å². The molecule has 1 fully saturated rings. The predicted molar refractivity (Wildman–Crippen MR) is 79.7 cm³/mol. The van der Waals surface area contributed by atoms with Gasteiger partial charge in [-0.1, -0.05) is 6.42 Å². The minimum absolute atomic E-state index is 0.0795.